The minimum Gasteiger partial charge on any atom is -0.287 e. The van der Waals surface area contributed by atoms with Gasteiger partial charge in [0.05, 0.1) is 7.80 Å². The zero-order valence-corrected chi connectivity index (χ0v) is 14.5. The normalized spacial score (nSPS) is 12.1. The highest BCUT2D eigenvalue weighted by Gasteiger charge is 2.04. The van der Waals surface area contributed by atoms with Crippen LogP contribution in [0.5, 0.6) is 0 Å². The summed E-state index contributed by atoms with van der Waals surface area (Å²) in [5.41, 5.74) is 0.378. The fourth-order valence-electron chi connectivity index (χ4n) is 2.37. The molecule has 0 aromatic carbocycles. The van der Waals surface area contributed by atoms with Gasteiger partial charge in [-0.25, -0.2) is 0 Å². The van der Waals surface area contributed by atoms with Crippen molar-refractivity contribution in [3.63, 3.8) is 0 Å². The second kappa shape index (κ2) is 14.5. The SMILES string of the molecule is CCCCCCCCCCCCCC[P](=O)C(C)C. The van der Waals surface area contributed by atoms with Gasteiger partial charge < -0.3 is 0 Å². The van der Waals surface area contributed by atoms with Crippen LogP contribution in [0.3, 0.4) is 0 Å². The first-order chi connectivity index (χ1) is 9.18. The summed E-state index contributed by atoms with van der Waals surface area (Å²) in [6.45, 7) is 6.41. The molecular weight excluding hydrogens is 251 g/mol. The third kappa shape index (κ3) is 14.3. The first-order valence-corrected chi connectivity index (χ1v) is 10.1. The standard InChI is InChI=1S/C17H36OP/c1-4-5-6-7-8-9-10-11-12-13-14-15-16-19(18)17(2)3/h17H,4-16H2,1-3H3. The molecule has 1 nitrogen and oxygen atoms in total. The third-order valence-electron chi connectivity index (χ3n) is 3.81. The molecule has 0 aliphatic heterocycles. The predicted molar refractivity (Wildman–Crippen MR) is 88.7 cm³/mol. The molecule has 0 fully saturated rings. The molecule has 19 heavy (non-hydrogen) atoms. The van der Waals surface area contributed by atoms with Gasteiger partial charge in [-0.05, 0) is 6.42 Å². The van der Waals surface area contributed by atoms with E-state index in [2.05, 4.69) is 20.8 Å². The van der Waals surface area contributed by atoms with Crippen LogP contribution in [0.25, 0.3) is 0 Å². The lowest BCUT2D eigenvalue weighted by atomic mass is 10.1. The summed E-state index contributed by atoms with van der Waals surface area (Å²) in [6.07, 6.45) is 17.5. The van der Waals surface area contributed by atoms with E-state index in [4.69, 9.17) is 0 Å². The van der Waals surface area contributed by atoms with Gasteiger partial charge in [0.25, 0.3) is 0 Å². The Bertz CT molecular complexity index is 201. The fourth-order valence-corrected chi connectivity index (χ4v) is 3.42. The van der Waals surface area contributed by atoms with E-state index in [1.807, 2.05) is 0 Å². The van der Waals surface area contributed by atoms with Crippen LogP contribution >= 0.6 is 7.80 Å². The molecule has 0 aliphatic carbocycles. The summed E-state index contributed by atoms with van der Waals surface area (Å²) >= 11 is 0. The predicted octanol–water partition coefficient (Wildman–Crippen LogP) is 6.92. The molecule has 0 saturated heterocycles. The van der Waals surface area contributed by atoms with Crippen molar-refractivity contribution >= 4 is 7.80 Å². The van der Waals surface area contributed by atoms with Gasteiger partial charge in [0.2, 0.25) is 0 Å². The Morgan fingerprint density at radius 2 is 1.05 bits per heavy atom. The lowest BCUT2D eigenvalue weighted by Crippen LogP contribution is -1.90. The number of hydrogen-bond donors (Lipinski definition) is 0. The largest absolute Gasteiger partial charge is 0.287 e. The zero-order valence-electron chi connectivity index (χ0n) is 13.6. The molecule has 0 N–H and O–H groups in total. The number of hydrogen-bond acceptors (Lipinski definition) is 1. The van der Waals surface area contributed by atoms with Crippen LogP contribution in [0, 0.1) is 0 Å². The average molecular weight is 287 g/mol. The molecule has 0 saturated carbocycles. The van der Waals surface area contributed by atoms with E-state index in [1.165, 1.54) is 77.0 Å². The summed E-state index contributed by atoms with van der Waals surface area (Å²) in [5, 5.41) is 0. The van der Waals surface area contributed by atoms with Gasteiger partial charge in [-0.1, -0.05) is 91.4 Å². The van der Waals surface area contributed by atoms with E-state index < -0.39 is 7.80 Å². The molecule has 0 aromatic rings. The van der Waals surface area contributed by atoms with Crippen LogP contribution in [-0.2, 0) is 4.57 Å². The van der Waals surface area contributed by atoms with Crippen LogP contribution in [-0.4, -0.2) is 11.8 Å². The van der Waals surface area contributed by atoms with Crippen molar-refractivity contribution in [2.24, 2.45) is 0 Å². The lowest BCUT2D eigenvalue weighted by Gasteiger charge is -2.05. The van der Waals surface area contributed by atoms with Crippen molar-refractivity contribution < 1.29 is 4.57 Å². The van der Waals surface area contributed by atoms with Gasteiger partial charge in [-0.3, -0.25) is 4.57 Å². The van der Waals surface area contributed by atoms with E-state index in [1.54, 1.807) is 0 Å². The minimum atomic E-state index is -0.927. The van der Waals surface area contributed by atoms with E-state index >= 15 is 0 Å². The Balaban J connectivity index is 3.05. The first kappa shape index (κ1) is 19.1. The molecule has 115 valence electrons. The molecule has 1 radical (unpaired) electrons. The molecule has 0 rings (SSSR count). The maximum atomic E-state index is 11.6. The minimum absolute atomic E-state index is 0.378. The van der Waals surface area contributed by atoms with Crippen LogP contribution in [0.15, 0.2) is 0 Å². The molecule has 0 amide bonds. The van der Waals surface area contributed by atoms with Gasteiger partial charge >= 0.3 is 0 Å². The van der Waals surface area contributed by atoms with Crippen molar-refractivity contribution in [2.45, 2.75) is 103 Å². The highest BCUT2D eigenvalue weighted by atomic mass is 31.1. The average Bonchev–Trinajstić information content (AvgIpc) is 2.39. The Labute approximate surface area is 122 Å². The Hall–Kier alpha value is 0.100. The summed E-state index contributed by atoms with van der Waals surface area (Å²) in [5.74, 6) is 0. The monoisotopic (exact) mass is 287 g/mol. The van der Waals surface area contributed by atoms with Crippen LogP contribution in [0.2, 0.25) is 0 Å². The van der Waals surface area contributed by atoms with Crippen LogP contribution < -0.4 is 0 Å². The molecular formula is C17H36OP. The Morgan fingerprint density at radius 1 is 0.684 bits per heavy atom. The Kier molecular flexibility index (Phi) is 14.6. The maximum Gasteiger partial charge on any atom is 0.0744 e. The number of unbranched alkanes of at least 4 members (excludes halogenated alkanes) is 11. The molecule has 0 spiro atoms. The van der Waals surface area contributed by atoms with Gasteiger partial charge in [0, 0.05) is 11.8 Å². The quantitative estimate of drug-likeness (QED) is 0.250. The molecule has 1 atom stereocenters. The van der Waals surface area contributed by atoms with Gasteiger partial charge in [-0.2, -0.15) is 0 Å². The molecule has 0 bridgehead atoms. The highest BCUT2D eigenvalue weighted by molar-refractivity contribution is 7.45. The van der Waals surface area contributed by atoms with E-state index in [0.29, 0.717) is 5.66 Å². The van der Waals surface area contributed by atoms with Crippen molar-refractivity contribution in [3.8, 4) is 0 Å². The lowest BCUT2D eigenvalue weighted by molar-refractivity contribution is 0.546. The first-order valence-electron chi connectivity index (χ1n) is 8.62. The molecule has 0 heterocycles. The molecule has 0 aromatic heterocycles. The summed E-state index contributed by atoms with van der Waals surface area (Å²) in [4.78, 5) is 0. The number of rotatable bonds is 14. The van der Waals surface area contributed by atoms with Crippen molar-refractivity contribution in [1.82, 2.24) is 0 Å². The van der Waals surface area contributed by atoms with Crippen LogP contribution in [0.1, 0.15) is 97.8 Å². The fraction of sp³-hybridized carbons (Fsp3) is 1.00. The molecule has 0 aliphatic rings. The van der Waals surface area contributed by atoms with Gasteiger partial charge in [0.15, 0.2) is 0 Å². The summed E-state index contributed by atoms with van der Waals surface area (Å²) < 4.78 is 11.6. The smallest absolute Gasteiger partial charge is 0.0744 e. The van der Waals surface area contributed by atoms with E-state index in [9.17, 15) is 4.57 Å². The van der Waals surface area contributed by atoms with Crippen molar-refractivity contribution in [2.75, 3.05) is 6.16 Å². The molecule has 2 heteroatoms. The summed E-state index contributed by atoms with van der Waals surface area (Å²) in [6, 6.07) is 0. The van der Waals surface area contributed by atoms with Crippen molar-refractivity contribution in [3.05, 3.63) is 0 Å². The van der Waals surface area contributed by atoms with Crippen LogP contribution in [0.4, 0.5) is 0 Å². The third-order valence-corrected chi connectivity index (χ3v) is 5.72. The second-order valence-electron chi connectivity index (χ2n) is 6.12. The second-order valence-corrected chi connectivity index (χ2v) is 8.44. The van der Waals surface area contributed by atoms with Gasteiger partial charge in [0.1, 0.15) is 0 Å². The topological polar surface area (TPSA) is 17.1 Å². The highest BCUT2D eigenvalue weighted by Crippen LogP contribution is 2.28. The molecule has 1 unspecified atom stereocenters. The van der Waals surface area contributed by atoms with E-state index in [-0.39, 0.29) is 0 Å². The van der Waals surface area contributed by atoms with Gasteiger partial charge in [-0.15, -0.1) is 0 Å². The maximum absolute atomic E-state index is 11.6. The summed E-state index contributed by atoms with van der Waals surface area (Å²) in [7, 11) is -0.927. The van der Waals surface area contributed by atoms with Crippen molar-refractivity contribution in [1.29, 1.82) is 0 Å². The Morgan fingerprint density at radius 3 is 1.42 bits per heavy atom. The van der Waals surface area contributed by atoms with E-state index in [0.717, 1.165) is 6.16 Å². The zero-order chi connectivity index (χ0) is 14.3.